The van der Waals surface area contributed by atoms with Crippen molar-refractivity contribution in [2.24, 2.45) is 11.7 Å². The summed E-state index contributed by atoms with van der Waals surface area (Å²) in [5.41, 5.74) is 3.44. The minimum Gasteiger partial charge on any atom is -0.508 e. The fourth-order valence-electron chi connectivity index (χ4n) is 2.61. The average molecular weight is 437 g/mol. The Balaban J connectivity index is 0.000000465. The van der Waals surface area contributed by atoms with E-state index in [-0.39, 0.29) is 5.75 Å². The third-order valence-corrected chi connectivity index (χ3v) is 4.66. The number of carbonyl (C=O) groups is 1. The van der Waals surface area contributed by atoms with Gasteiger partial charge in [0, 0.05) is 19.7 Å². The second kappa shape index (κ2) is 9.59. The zero-order valence-corrected chi connectivity index (χ0v) is 17.0. The van der Waals surface area contributed by atoms with Crippen molar-refractivity contribution in [1.82, 2.24) is 5.01 Å². The van der Waals surface area contributed by atoms with E-state index in [1.807, 2.05) is 19.2 Å². The number of rotatable bonds is 6. The number of nitrogens with zero attached hydrogens (tertiary/aromatic N) is 2. The highest BCUT2D eigenvalue weighted by atomic mass is 79.9. The largest absolute Gasteiger partial charge is 0.508 e. The first-order valence-corrected chi connectivity index (χ1v) is 9.27. The minimum atomic E-state index is 0.208. The summed E-state index contributed by atoms with van der Waals surface area (Å²) in [5, 5.41) is 12.0. The number of phenolic OH excluding ortho intramolecular Hbond substituents is 1. The van der Waals surface area contributed by atoms with Gasteiger partial charge in [0.1, 0.15) is 18.1 Å². The first-order valence-electron chi connectivity index (χ1n) is 8.47. The van der Waals surface area contributed by atoms with Crippen LogP contribution in [-0.4, -0.2) is 30.6 Å². The molecule has 0 saturated heterocycles. The summed E-state index contributed by atoms with van der Waals surface area (Å²) in [5.74, 6) is 12.3. The molecule has 0 spiro atoms. The van der Waals surface area contributed by atoms with Crippen molar-refractivity contribution in [2.45, 2.75) is 25.4 Å². The van der Waals surface area contributed by atoms with E-state index in [1.165, 1.54) is 25.5 Å². The topological polar surface area (TPSA) is 105 Å². The zero-order valence-electron chi connectivity index (χ0n) is 15.4. The van der Waals surface area contributed by atoms with Gasteiger partial charge < -0.3 is 14.9 Å². The third kappa shape index (κ3) is 6.13. The first-order chi connectivity index (χ1) is 12.8. The second-order valence-electron chi connectivity index (χ2n) is 6.40. The second-order valence-corrected chi connectivity index (χ2v) is 7.26. The fraction of sp³-hybridized carbons (Fsp3) is 0.316. The van der Waals surface area contributed by atoms with Crippen LogP contribution in [0, 0.1) is 0 Å². The van der Waals surface area contributed by atoms with Crippen molar-refractivity contribution in [3.8, 4) is 11.5 Å². The fourth-order valence-corrected chi connectivity index (χ4v) is 3.09. The van der Waals surface area contributed by atoms with Gasteiger partial charge in [-0.3, -0.25) is 9.80 Å². The molecule has 0 aliphatic heterocycles. The van der Waals surface area contributed by atoms with Crippen LogP contribution in [0.4, 0.5) is 5.69 Å². The maximum absolute atomic E-state index is 9.46. The smallest absolute Gasteiger partial charge is 0.223 e. The van der Waals surface area contributed by atoms with Gasteiger partial charge in [0.2, 0.25) is 6.41 Å². The summed E-state index contributed by atoms with van der Waals surface area (Å²) in [6.45, 7) is 0.451. The Bertz CT molecular complexity index is 759. The van der Waals surface area contributed by atoms with Gasteiger partial charge in [-0.25, -0.2) is 11.7 Å². The standard InChI is InChI=1S/C17H19BrN2O2.C2H6N2O/c1-20(19)16-4-2-3-13(11-5-6-11)14(16)10-22-17-8-7-12(21)9-15(17)18;1-4(3)2-5/h2-4,7-9,11,21H,5-6,10,19H2,1H3;2H,3H2,1H3. The van der Waals surface area contributed by atoms with Crippen LogP contribution in [-0.2, 0) is 11.4 Å². The molecule has 1 amide bonds. The van der Waals surface area contributed by atoms with Crippen LogP contribution >= 0.6 is 15.9 Å². The summed E-state index contributed by atoms with van der Waals surface area (Å²) in [6.07, 6.45) is 2.99. The molecule has 0 radical (unpaired) electrons. The molecule has 0 aromatic heterocycles. The number of ether oxygens (including phenoxy) is 1. The molecule has 146 valence electrons. The SMILES string of the molecule is CN(N)C=O.CN(N)c1cccc(C2CC2)c1COc1ccc(O)cc1Br. The Hall–Kier alpha value is -2.29. The summed E-state index contributed by atoms with van der Waals surface area (Å²) in [7, 11) is 3.30. The number of hydrogen-bond donors (Lipinski definition) is 3. The monoisotopic (exact) mass is 436 g/mol. The molecule has 1 fully saturated rings. The number of phenols is 1. The zero-order chi connectivity index (χ0) is 20.0. The Morgan fingerprint density at radius 3 is 2.44 bits per heavy atom. The van der Waals surface area contributed by atoms with Gasteiger partial charge in [0.25, 0.3) is 0 Å². The number of aromatic hydroxyl groups is 1. The van der Waals surface area contributed by atoms with Gasteiger partial charge in [-0.05, 0) is 64.5 Å². The number of nitrogens with two attached hydrogens (primary N) is 2. The molecule has 1 aliphatic carbocycles. The summed E-state index contributed by atoms with van der Waals surface area (Å²) < 4.78 is 6.68. The van der Waals surface area contributed by atoms with E-state index in [9.17, 15) is 9.90 Å². The normalized spacial score (nSPS) is 12.6. The summed E-state index contributed by atoms with van der Waals surface area (Å²) >= 11 is 3.41. The van der Waals surface area contributed by atoms with Crippen molar-refractivity contribution in [1.29, 1.82) is 0 Å². The highest BCUT2D eigenvalue weighted by Gasteiger charge is 2.27. The van der Waals surface area contributed by atoms with Gasteiger partial charge >= 0.3 is 0 Å². The number of hydrazine groups is 2. The number of amides is 1. The molecule has 2 aromatic rings. The molecule has 8 heteroatoms. The third-order valence-electron chi connectivity index (χ3n) is 4.04. The van der Waals surface area contributed by atoms with E-state index in [4.69, 9.17) is 16.4 Å². The van der Waals surface area contributed by atoms with E-state index in [0.29, 0.717) is 24.7 Å². The van der Waals surface area contributed by atoms with E-state index >= 15 is 0 Å². The van der Waals surface area contributed by atoms with Crippen molar-refractivity contribution >= 4 is 28.0 Å². The average Bonchev–Trinajstić information content (AvgIpc) is 3.46. The maximum Gasteiger partial charge on any atom is 0.223 e. The molecule has 3 rings (SSSR count). The molecule has 1 saturated carbocycles. The number of carbonyl (C=O) groups excluding carboxylic acids is 1. The quantitative estimate of drug-likeness (QED) is 0.278. The number of hydrogen-bond acceptors (Lipinski definition) is 6. The minimum absolute atomic E-state index is 0.208. The van der Waals surface area contributed by atoms with Gasteiger partial charge in [-0.2, -0.15) is 0 Å². The van der Waals surface area contributed by atoms with E-state index in [0.717, 1.165) is 20.7 Å². The van der Waals surface area contributed by atoms with E-state index in [2.05, 4.69) is 22.0 Å². The van der Waals surface area contributed by atoms with Crippen LogP contribution in [0.2, 0.25) is 0 Å². The molecule has 5 N–H and O–H groups in total. The van der Waals surface area contributed by atoms with E-state index in [1.54, 1.807) is 23.2 Å². The molecular weight excluding hydrogens is 412 g/mol. The van der Waals surface area contributed by atoms with Crippen LogP contribution < -0.4 is 21.4 Å². The lowest BCUT2D eigenvalue weighted by atomic mass is 10.0. The number of halogens is 1. The Labute approximate surface area is 167 Å². The molecule has 27 heavy (non-hydrogen) atoms. The molecule has 0 bridgehead atoms. The lowest BCUT2D eigenvalue weighted by Crippen LogP contribution is -2.27. The van der Waals surface area contributed by atoms with Gasteiger partial charge in [-0.1, -0.05) is 12.1 Å². The molecule has 2 aromatic carbocycles. The van der Waals surface area contributed by atoms with Crippen molar-refractivity contribution in [2.75, 3.05) is 19.1 Å². The van der Waals surface area contributed by atoms with Crippen molar-refractivity contribution < 1.29 is 14.6 Å². The lowest BCUT2D eigenvalue weighted by molar-refractivity contribution is -0.117. The Morgan fingerprint density at radius 2 is 1.93 bits per heavy atom. The maximum atomic E-state index is 9.46. The highest BCUT2D eigenvalue weighted by Crippen LogP contribution is 2.44. The predicted molar refractivity (Wildman–Crippen MR) is 109 cm³/mol. The van der Waals surface area contributed by atoms with Crippen LogP contribution in [0.5, 0.6) is 11.5 Å². The molecular formula is C19H25BrN4O3. The Morgan fingerprint density at radius 1 is 1.26 bits per heavy atom. The molecule has 1 aliphatic rings. The molecule has 7 nitrogen and oxygen atoms in total. The molecule has 0 heterocycles. The van der Waals surface area contributed by atoms with Gasteiger partial charge in [0.15, 0.2) is 0 Å². The molecule has 0 atom stereocenters. The van der Waals surface area contributed by atoms with Crippen LogP contribution in [0.25, 0.3) is 0 Å². The van der Waals surface area contributed by atoms with Crippen LogP contribution in [0.3, 0.4) is 0 Å². The molecule has 0 unspecified atom stereocenters. The predicted octanol–water partition coefficient (Wildman–Crippen LogP) is 2.87. The number of benzene rings is 2. The summed E-state index contributed by atoms with van der Waals surface area (Å²) in [4.78, 5) is 9.31. The van der Waals surface area contributed by atoms with Crippen molar-refractivity contribution in [3.63, 3.8) is 0 Å². The first kappa shape index (κ1) is 21.0. The van der Waals surface area contributed by atoms with Gasteiger partial charge in [0.05, 0.1) is 10.2 Å². The van der Waals surface area contributed by atoms with Crippen molar-refractivity contribution in [3.05, 3.63) is 52.0 Å². The lowest BCUT2D eigenvalue weighted by Gasteiger charge is -2.20. The van der Waals surface area contributed by atoms with E-state index < -0.39 is 0 Å². The van der Waals surface area contributed by atoms with Crippen LogP contribution in [0.1, 0.15) is 29.9 Å². The summed E-state index contributed by atoms with van der Waals surface area (Å²) in [6, 6.07) is 11.2. The highest BCUT2D eigenvalue weighted by molar-refractivity contribution is 9.10. The van der Waals surface area contributed by atoms with Crippen LogP contribution in [0.15, 0.2) is 40.9 Å². The van der Waals surface area contributed by atoms with Gasteiger partial charge in [-0.15, -0.1) is 0 Å². The Kier molecular flexibility index (Phi) is 7.46. The number of anilines is 1.